The lowest BCUT2D eigenvalue weighted by Crippen LogP contribution is -2.45. The standard InChI is InChI=1S/C11H13ClFN3O2S/c1-3-18-11(17)15-16(2)10(19)14-7-4-5-8(12)9(13)6-7/h4-6H,3H2,1-2H3,(H,14,19)(H,15,17). The lowest BCUT2D eigenvalue weighted by Gasteiger charge is -2.21. The molecule has 0 radical (unpaired) electrons. The largest absolute Gasteiger partial charge is 0.449 e. The minimum atomic E-state index is -0.628. The molecule has 0 aliphatic carbocycles. The summed E-state index contributed by atoms with van der Waals surface area (Å²) in [5, 5.41) is 4.19. The Morgan fingerprint density at radius 1 is 1.58 bits per heavy atom. The van der Waals surface area contributed by atoms with Crippen LogP contribution in [0, 0.1) is 5.82 Å². The zero-order chi connectivity index (χ0) is 14.4. The van der Waals surface area contributed by atoms with Crippen LogP contribution in [0.1, 0.15) is 6.92 Å². The van der Waals surface area contributed by atoms with E-state index < -0.39 is 11.9 Å². The van der Waals surface area contributed by atoms with Gasteiger partial charge in [0.05, 0.1) is 11.6 Å². The summed E-state index contributed by atoms with van der Waals surface area (Å²) in [6.45, 7) is 1.94. The topological polar surface area (TPSA) is 53.6 Å². The third-order valence-corrected chi connectivity index (χ3v) is 2.69. The quantitative estimate of drug-likeness (QED) is 0.650. The van der Waals surface area contributed by atoms with E-state index in [9.17, 15) is 9.18 Å². The van der Waals surface area contributed by atoms with E-state index in [1.54, 1.807) is 13.0 Å². The van der Waals surface area contributed by atoms with Crippen LogP contribution in [0.2, 0.25) is 5.02 Å². The molecule has 0 aromatic heterocycles. The van der Waals surface area contributed by atoms with Crippen molar-refractivity contribution in [2.75, 3.05) is 19.0 Å². The van der Waals surface area contributed by atoms with Gasteiger partial charge in [-0.3, -0.25) is 5.01 Å². The van der Waals surface area contributed by atoms with Gasteiger partial charge in [0.15, 0.2) is 5.11 Å². The fourth-order valence-electron chi connectivity index (χ4n) is 1.13. The van der Waals surface area contributed by atoms with Gasteiger partial charge in [-0.2, -0.15) is 0 Å². The molecule has 8 heteroatoms. The van der Waals surface area contributed by atoms with Gasteiger partial charge in [-0.25, -0.2) is 14.6 Å². The summed E-state index contributed by atoms with van der Waals surface area (Å²) in [5.74, 6) is -0.560. The molecule has 0 fully saturated rings. The molecule has 5 nitrogen and oxygen atoms in total. The van der Waals surface area contributed by atoms with Crippen molar-refractivity contribution >= 4 is 40.7 Å². The summed E-state index contributed by atoms with van der Waals surface area (Å²) in [5.41, 5.74) is 2.80. The first-order valence-corrected chi connectivity index (χ1v) is 6.15. The number of carbonyl (C=O) groups is 1. The van der Waals surface area contributed by atoms with Crippen LogP contribution in [0.3, 0.4) is 0 Å². The highest BCUT2D eigenvalue weighted by Crippen LogP contribution is 2.18. The highest BCUT2D eigenvalue weighted by Gasteiger charge is 2.09. The molecule has 19 heavy (non-hydrogen) atoms. The number of carbonyl (C=O) groups excluding carboxylic acids is 1. The van der Waals surface area contributed by atoms with E-state index >= 15 is 0 Å². The average Bonchev–Trinajstić information content (AvgIpc) is 2.34. The third kappa shape index (κ3) is 4.88. The fourth-order valence-corrected chi connectivity index (χ4v) is 1.41. The Kier molecular flexibility index (Phi) is 5.78. The Labute approximate surface area is 120 Å². The van der Waals surface area contributed by atoms with Crippen molar-refractivity contribution in [3.8, 4) is 0 Å². The van der Waals surface area contributed by atoms with Crippen LogP contribution >= 0.6 is 23.8 Å². The molecule has 0 aliphatic heterocycles. The number of hydrogen-bond acceptors (Lipinski definition) is 3. The Morgan fingerprint density at radius 3 is 2.84 bits per heavy atom. The number of halogens is 2. The molecule has 0 aliphatic rings. The van der Waals surface area contributed by atoms with E-state index in [-0.39, 0.29) is 16.7 Å². The van der Waals surface area contributed by atoms with Gasteiger partial charge in [0.25, 0.3) is 0 Å². The van der Waals surface area contributed by atoms with Crippen molar-refractivity contribution < 1.29 is 13.9 Å². The van der Waals surface area contributed by atoms with Crippen LogP contribution in [-0.4, -0.2) is 29.9 Å². The molecular formula is C11H13ClFN3O2S. The maximum absolute atomic E-state index is 13.2. The fraction of sp³-hybridized carbons (Fsp3) is 0.273. The molecule has 1 aromatic rings. The third-order valence-electron chi connectivity index (χ3n) is 2.01. The molecule has 1 amide bonds. The second-order valence-corrected chi connectivity index (χ2v) is 4.24. The number of anilines is 1. The van der Waals surface area contributed by atoms with E-state index in [4.69, 9.17) is 28.6 Å². The SMILES string of the molecule is CCOC(=O)NN(C)C(=S)Nc1ccc(Cl)c(F)c1. The number of nitrogens with one attached hydrogen (secondary N) is 2. The molecular weight excluding hydrogens is 293 g/mol. The van der Waals surface area contributed by atoms with E-state index in [1.165, 1.54) is 24.2 Å². The molecule has 0 spiro atoms. The van der Waals surface area contributed by atoms with Gasteiger partial charge in [0, 0.05) is 12.7 Å². The maximum atomic E-state index is 13.2. The van der Waals surface area contributed by atoms with Crippen LogP contribution in [0.25, 0.3) is 0 Å². The molecule has 0 saturated heterocycles. The smallest absolute Gasteiger partial charge is 0.426 e. The number of ether oxygens (including phenoxy) is 1. The Balaban J connectivity index is 2.58. The van der Waals surface area contributed by atoms with Crippen molar-refractivity contribution in [3.63, 3.8) is 0 Å². The molecule has 104 valence electrons. The van der Waals surface area contributed by atoms with Crippen molar-refractivity contribution in [2.45, 2.75) is 6.92 Å². The number of amides is 1. The monoisotopic (exact) mass is 305 g/mol. The summed E-state index contributed by atoms with van der Waals surface area (Å²) < 4.78 is 17.9. The minimum Gasteiger partial charge on any atom is -0.449 e. The number of benzene rings is 1. The Morgan fingerprint density at radius 2 is 2.26 bits per heavy atom. The first-order valence-electron chi connectivity index (χ1n) is 5.37. The first kappa shape index (κ1) is 15.5. The second kappa shape index (κ2) is 7.10. The predicted octanol–water partition coefficient (Wildman–Crippen LogP) is 2.77. The lowest BCUT2D eigenvalue weighted by atomic mass is 10.3. The van der Waals surface area contributed by atoms with Crippen LogP contribution in [-0.2, 0) is 4.74 Å². The summed E-state index contributed by atoms with van der Waals surface area (Å²) in [4.78, 5) is 11.2. The molecule has 0 bridgehead atoms. The van der Waals surface area contributed by atoms with E-state index in [1.807, 2.05) is 0 Å². The average molecular weight is 306 g/mol. The summed E-state index contributed by atoms with van der Waals surface area (Å²) in [6, 6.07) is 4.17. The minimum absolute atomic E-state index is 0.0227. The molecule has 0 saturated carbocycles. The number of hydrazine groups is 1. The zero-order valence-corrected chi connectivity index (χ0v) is 11.9. The number of hydrogen-bond donors (Lipinski definition) is 2. The maximum Gasteiger partial charge on any atom is 0.426 e. The second-order valence-electron chi connectivity index (χ2n) is 3.45. The Bertz CT molecular complexity index is 487. The molecule has 1 rings (SSSR count). The number of thiocarbonyl (C=S) groups is 1. The van der Waals surface area contributed by atoms with Crippen molar-refractivity contribution in [1.29, 1.82) is 0 Å². The molecule has 1 aromatic carbocycles. The lowest BCUT2D eigenvalue weighted by molar-refractivity contribution is 0.136. The summed E-state index contributed by atoms with van der Waals surface area (Å²) in [6.07, 6.45) is -0.628. The van der Waals surface area contributed by atoms with E-state index in [0.29, 0.717) is 5.69 Å². The highest BCUT2D eigenvalue weighted by molar-refractivity contribution is 7.80. The molecule has 0 heterocycles. The molecule has 0 atom stereocenters. The van der Waals surface area contributed by atoms with Crippen molar-refractivity contribution in [1.82, 2.24) is 10.4 Å². The summed E-state index contributed by atoms with van der Waals surface area (Å²) in [7, 11) is 1.53. The predicted molar refractivity (Wildman–Crippen MR) is 75.6 cm³/mol. The van der Waals surface area contributed by atoms with Gasteiger partial charge in [-0.1, -0.05) is 11.6 Å². The van der Waals surface area contributed by atoms with E-state index in [2.05, 4.69) is 10.7 Å². The van der Waals surface area contributed by atoms with Crippen LogP contribution in [0.15, 0.2) is 18.2 Å². The normalized spacial score (nSPS) is 9.68. The van der Waals surface area contributed by atoms with Crippen molar-refractivity contribution in [2.24, 2.45) is 0 Å². The van der Waals surface area contributed by atoms with Gasteiger partial charge in [0.1, 0.15) is 5.82 Å². The highest BCUT2D eigenvalue weighted by atomic mass is 35.5. The van der Waals surface area contributed by atoms with Gasteiger partial charge in [0.2, 0.25) is 0 Å². The molecule has 2 N–H and O–H groups in total. The zero-order valence-electron chi connectivity index (χ0n) is 10.4. The van der Waals surface area contributed by atoms with Crippen molar-refractivity contribution in [3.05, 3.63) is 29.0 Å². The van der Waals surface area contributed by atoms with E-state index in [0.717, 1.165) is 0 Å². The van der Waals surface area contributed by atoms with Gasteiger partial charge in [-0.05, 0) is 37.3 Å². The van der Waals surface area contributed by atoms with Crippen LogP contribution in [0.4, 0.5) is 14.9 Å². The van der Waals surface area contributed by atoms with Gasteiger partial charge in [-0.15, -0.1) is 0 Å². The van der Waals surface area contributed by atoms with Gasteiger partial charge < -0.3 is 10.1 Å². The van der Waals surface area contributed by atoms with Crippen LogP contribution in [0.5, 0.6) is 0 Å². The first-order chi connectivity index (χ1) is 8.93. The summed E-state index contributed by atoms with van der Waals surface area (Å²) >= 11 is 10.6. The van der Waals surface area contributed by atoms with Crippen LogP contribution < -0.4 is 10.7 Å². The number of nitrogens with zero attached hydrogens (tertiary/aromatic N) is 1. The number of rotatable bonds is 2. The molecule has 0 unspecified atom stereocenters. The van der Waals surface area contributed by atoms with Gasteiger partial charge >= 0.3 is 6.09 Å². The Hall–Kier alpha value is -1.60.